The number of carbonyl (C=O) groups excluding carboxylic acids is 1. The molecule has 1 saturated heterocycles. The summed E-state index contributed by atoms with van der Waals surface area (Å²) < 4.78 is 13.9. The van der Waals surface area contributed by atoms with Gasteiger partial charge in [-0.1, -0.05) is 6.92 Å². The second kappa shape index (κ2) is 5.39. The van der Waals surface area contributed by atoms with Crippen molar-refractivity contribution in [3.63, 3.8) is 0 Å². The van der Waals surface area contributed by atoms with E-state index in [1.54, 1.807) is 6.07 Å². The van der Waals surface area contributed by atoms with Crippen LogP contribution < -0.4 is 0 Å². The second-order valence-corrected chi connectivity index (χ2v) is 5.68. The van der Waals surface area contributed by atoms with Gasteiger partial charge in [0.25, 0.3) is 5.91 Å². The molecule has 0 aromatic heterocycles. The normalized spacial score (nSPS) is 23.4. The fourth-order valence-corrected chi connectivity index (χ4v) is 3.06. The van der Waals surface area contributed by atoms with E-state index in [2.05, 4.69) is 29.8 Å². The summed E-state index contributed by atoms with van der Waals surface area (Å²) in [4.78, 5) is 14.4. The predicted octanol–water partition coefficient (Wildman–Crippen LogP) is 3.99. The summed E-state index contributed by atoms with van der Waals surface area (Å²) in [5, 5.41) is 0. The highest BCUT2D eigenvalue weighted by Gasteiger charge is 2.34. The van der Waals surface area contributed by atoms with Crippen LogP contribution in [-0.2, 0) is 0 Å². The number of likely N-dealkylation sites (tertiary alicyclic amines) is 1. The summed E-state index contributed by atoms with van der Waals surface area (Å²) in [6, 6.07) is 4.76. The molecule has 1 aromatic rings. The highest BCUT2D eigenvalue weighted by Crippen LogP contribution is 2.30. The van der Waals surface area contributed by atoms with Crippen molar-refractivity contribution >= 4 is 21.8 Å². The van der Waals surface area contributed by atoms with Crippen LogP contribution in [0.5, 0.6) is 0 Å². The van der Waals surface area contributed by atoms with Crippen LogP contribution in [-0.4, -0.2) is 22.9 Å². The predicted molar refractivity (Wildman–Crippen MR) is 73.0 cm³/mol. The molecule has 2 atom stereocenters. The molecule has 98 valence electrons. The van der Waals surface area contributed by atoms with E-state index in [4.69, 9.17) is 0 Å². The Hall–Kier alpha value is -0.900. The molecule has 2 unspecified atom stereocenters. The molecule has 1 amide bonds. The Morgan fingerprint density at radius 3 is 2.89 bits per heavy atom. The molecule has 1 fully saturated rings. The number of amides is 1. The number of rotatable bonds is 2. The number of halogens is 2. The first-order chi connectivity index (χ1) is 8.54. The first kappa shape index (κ1) is 13.5. The van der Waals surface area contributed by atoms with E-state index in [0.717, 1.165) is 19.3 Å². The molecule has 0 N–H and O–H groups in total. The molecule has 4 heteroatoms. The molecule has 1 aliphatic rings. The summed E-state index contributed by atoms with van der Waals surface area (Å²) in [5.41, 5.74) is 0.419. The Morgan fingerprint density at radius 1 is 1.50 bits per heavy atom. The van der Waals surface area contributed by atoms with Crippen LogP contribution in [0.4, 0.5) is 4.39 Å². The van der Waals surface area contributed by atoms with Gasteiger partial charge in [0.05, 0.1) is 5.56 Å². The first-order valence-corrected chi connectivity index (χ1v) is 7.11. The van der Waals surface area contributed by atoms with Gasteiger partial charge in [-0.2, -0.15) is 0 Å². The van der Waals surface area contributed by atoms with E-state index < -0.39 is 0 Å². The maximum Gasteiger partial charge on any atom is 0.255 e. The summed E-state index contributed by atoms with van der Waals surface area (Å²) in [6.07, 6.45) is 3.01. The van der Waals surface area contributed by atoms with Crippen molar-refractivity contribution in [2.75, 3.05) is 0 Å². The Morgan fingerprint density at radius 2 is 2.22 bits per heavy atom. The van der Waals surface area contributed by atoms with Crippen molar-refractivity contribution in [3.8, 4) is 0 Å². The van der Waals surface area contributed by atoms with Crippen molar-refractivity contribution in [2.45, 2.75) is 45.2 Å². The van der Waals surface area contributed by atoms with E-state index in [1.807, 2.05) is 4.90 Å². The monoisotopic (exact) mass is 313 g/mol. The quantitative estimate of drug-likeness (QED) is 0.808. The molecule has 0 radical (unpaired) electrons. The Bertz CT molecular complexity index is 463. The third-order valence-electron chi connectivity index (χ3n) is 3.65. The first-order valence-electron chi connectivity index (χ1n) is 6.32. The van der Waals surface area contributed by atoms with Crippen LogP contribution in [0.3, 0.4) is 0 Å². The average molecular weight is 314 g/mol. The SMILES string of the molecule is CCC1CCC(C)N1C(=O)c1cc(F)ccc1Br. The third kappa shape index (κ3) is 2.44. The highest BCUT2D eigenvalue weighted by atomic mass is 79.9. The Balaban J connectivity index is 2.32. The zero-order valence-electron chi connectivity index (χ0n) is 10.6. The number of hydrogen-bond acceptors (Lipinski definition) is 1. The molecule has 1 aliphatic heterocycles. The minimum absolute atomic E-state index is 0.0711. The van der Waals surface area contributed by atoms with Gasteiger partial charge in [0.15, 0.2) is 0 Å². The lowest BCUT2D eigenvalue weighted by Gasteiger charge is -2.28. The molecule has 0 saturated carbocycles. The largest absolute Gasteiger partial charge is 0.333 e. The Kier molecular flexibility index (Phi) is 4.05. The van der Waals surface area contributed by atoms with Crippen molar-refractivity contribution in [2.24, 2.45) is 0 Å². The van der Waals surface area contributed by atoms with Gasteiger partial charge in [0.1, 0.15) is 5.82 Å². The number of nitrogens with zero attached hydrogens (tertiary/aromatic N) is 1. The van der Waals surface area contributed by atoms with Gasteiger partial charge >= 0.3 is 0 Å². The van der Waals surface area contributed by atoms with Gasteiger partial charge in [0.2, 0.25) is 0 Å². The van der Waals surface area contributed by atoms with Crippen LogP contribution in [0.1, 0.15) is 43.5 Å². The van der Waals surface area contributed by atoms with Crippen LogP contribution >= 0.6 is 15.9 Å². The van der Waals surface area contributed by atoms with Gasteiger partial charge in [-0.3, -0.25) is 4.79 Å². The molecule has 0 spiro atoms. The van der Waals surface area contributed by atoms with Crippen molar-refractivity contribution in [1.82, 2.24) is 4.90 Å². The standard InChI is InChI=1S/C14H17BrFNO/c1-3-11-6-4-9(2)17(11)14(18)12-8-10(16)5-7-13(12)15/h5,7-9,11H,3-4,6H2,1-2H3. The Labute approximate surface area is 115 Å². The molecule has 2 nitrogen and oxygen atoms in total. The number of carbonyl (C=O) groups is 1. The maximum absolute atomic E-state index is 13.3. The van der Waals surface area contributed by atoms with Crippen LogP contribution in [0.15, 0.2) is 22.7 Å². The smallest absolute Gasteiger partial charge is 0.255 e. The summed E-state index contributed by atoms with van der Waals surface area (Å²) >= 11 is 3.33. The number of benzene rings is 1. The van der Waals surface area contributed by atoms with Gasteiger partial charge < -0.3 is 4.90 Å². The average Bonchev–Trinajstić information content (AvgIpc) is 2.72. The minimum atomic E-state index is -0.374. The summed E-state index contributed by atoms with van der Waals surface area (Å²) in [6.45, 7) is 4.14. The highest BCUT2D eigenvalue weighted by molar-refractivity contribution is 9.10. The zero-order chi connectivity index (χ0) is 13.3. The molecule has 1 aromatic carbocycles. The van der Waals surface area contributed by atoms with Gasteiger partial charge in [0, 0.05) is 16.6 Å². The van der Waals surface area contributed by atoms with Gasteiger partial charge in [-0.25, -0.2) is 4.39 Å². The summed E-state index contributed by atoms with van der Waals surface area (Å²) in [5.74, 6) is -0.445. The van der Waals surface area contributed by atoms with E-state index in [1.165, 1.54) is 12.1 Å². The fraction of sp³-hybridized carbons (Fsp3) is 0.500. The van der Waals surface area contributed by atoms with Crippen molar-refractivity contribution in [1.29, 1.82) is 0 Å². The van der Waals surface area contributed by atoms with Crippen molar-refractivity contribution in [3.05, 3.63) is 34.1 Å². The minimum Gasteiger partial charge on any atom is -0.333 e. The molecule has 18 heavy (non-hydrogen) atoms. The molecular formula is C14H17BrFNO. The van der Waals surface area contributed by atoms with E-state index in [0.29, 0.717) is 10.0 Å². The van der Waals surface area contributed by atoms with Crippen LogP contribution in [0, 0.1) is 5.82 Å². The lowest BCUT2D eigenvalue weighted by Crippen LogP contribution is -2.39. The van der Waals surface area contributed by atoms with Gasteiger partial charge in [-0.15, -0.1) is 0 Å². The van der Waals surface area contributed by atoms with Crippen LogP contribution in [0.2, 0.25) is 0 Å². The fourth-order valence-electron chi connectivity index (χ4n) is 2.64. The molecule has 1 heterocycles. The molecule has 2 rings (SSSR count). The number of hydrogen-bond donors (Lipinski definition) is 0. The second-order valence-electron chi connectivity index (χ2n) is 4.83. The lowest BCUT2D eigenvalue weighted by atomic mass is 10.1. The van der Waals surface area contributed by atoms with E-state index in [9.17, 15) is 9.18 Å². The maximum atomic E-state index is 13.3. The van der Waals surface area contributed by atoms with Crippen LogP contribution in [0.25, 0.3) is 0 Å². The third-order valence-corrected chi connectivity index (χ3v) is 4.34. The molecular weight excluding hydrogens is 297 g/mol. The van der Waals surface area contributed by atoms with Gasteiger partial charge in [-0.05, 0) is 60.3 Å². The zero-order valence-corrected chi connectivity index (χ0v) is 12.2. The van der Waals surface area contributed by atoms with E-state index in [-0.39, 0.29) is 23.8 Å². The molecule has 0 bridgehead atoms. The topological polar surface area (TPSA) is 20.3 Å². The lowest BCUT2D eigenvalue weighted by molar-refractivity contribution is 0.0675. The molecule has 0 aliphatic carbocycles. The van der Waals surface area contributed by atoms with Crippen molar-refractivity contribution < 1.29 is 9.18 Å². The van der Waals surface area contributed by atoms with E-state index >= 15 is 0 Å². The summed E-state index contributed by atoms with van der Waals surface area (Å²) in [7, 11) is 0.